The van der Waals surface area contributed by atoms with E-state index >= 15 is 0 Å². The van der Waals surface area contributed by atoms with Gasteiger partial charge in [0.1, 0.15) is 5.75 Å². The fourth-order valence-electron chi connectivity index (χ4n) is 4.03. The number of rotatable bonds is 17. The lowest BCUT2D eigenvalue weighted by atomic mass is 10.1. The molecule has 0 saturated heterocycles. The second-order valence-electron chi connectivity index (χ2n) is 9.41. The van der Waals surface area contributed by atoms with Gasteiger partial charge < -0.3 is 9.47 Å². The third kappa shape index (κ3) is 10.6. The van der Waals surface area contributed by atoms with Gasteiger partial charge in [-0.05, 0) is 61.6 Å². The minimum absolute atomic E-state index is 0.188. The normalized spacial score (nSPS) is 11.9. The van der Waals surface area contributed by atoms with Gasteiger partial charge in [0.2, 0.25) is 0 Å². The number of nitrogens with zero attached hydrogens (tertiary/aromatic N) is 2. The van der Waals surface area contributed by atoms with E-state index < -0.39 is 0 Å². The molecule has 0 aliphatic carbocycles. The highest BCUT2D eigenvalue weighted by atomic mass is 16.5. The number of hydrogen-bond donors (Lipinski definition) is 0. The molecule has 3 rings (SSSR count). The Labute approximate surface area is 212 Å². The molecule has 0 aliphatic rings. The molecule has 0 saturated carbocycles. The molecule has 0 amide bonds. The van der Waals surface area contributed by atoms with Crippen LogP contribution in [0, 0.1) is 0 Å². The summed E-state index contributed by atoms with van der Waals surface area (Å²) in [6.45, 7) is 5.82. The van der Waals surface area contributed by atoms with Crippen LogP contribution in [0.25, 0.3) is 11.4 Å². The zero-order valence-electron chi connectivity index (χ0n) is 21.6. The second-order valence-corrected chi connectivity index (χ2v) is 9.41. The van der Waals surface area contributed by atoms with Gasteiger partial charge in [-0.15, -0.1) is 0 Å². The number of ether oxygens (including phenoxy) is 2. The number of benzene rings is 2. The van der Waals surface area contributed by atoms with Gasteiger partial charge in [-0.25, -0.2) is 9.97 Å². The van der Waals surface area contributed by atoms with Crippen molar-refractivity contribution in [2.75, 3.05) is 6.61 Å². The summed E-state index contributed by atoms with van der Waals surface area (Å²) in [7, 11) is 0. The maximum atomic E-state index is 5.97. The van der Waals surface area contributed by atoms with E-state index in [4.69, 9.17) is 9.47 Å². The third-order valence-electron chi connectivity index (χ3n) is 6.30. The highest BCUT2D eigenvalue weighted by Crippen LogP contribution is 2.20. The molecule has 1 aromatic heterocycles. The zero-order chi connectivity index (χ0) is 24.6. The van der Waals surface area contributed by atoms with Crippen LogP contribution in [-0.2, 0) is 17.8 Å². The molecular weight excluding hydrogens is 432 g/mol. The van der Waals surface area contributed by atoms with Crippen LogP contribution in [0.3, 0.4) is 0 Å². The molecule has 4 heteroatoms. The molecule has 0 N–H and O–H groups in total. The SMILES string of the molecule is CCCCCCCCCCOc1ccc(-c2ncc(CCC(C)OCc3ccccc3)cn2)cc1. The van der Waals surface area contributed by atoms with E-state index in [0.717, 1.165) is 48.6 Å². The van der Waals surface area contributed by atoms with Crippen LogP contribution in [0.5, 0.6) is 5.75 Å². The lowest BCUT2D eigenvalue weighted by Gasteiger charge is -2.13. The van der Waals surface area contributed by atoms with Crippen molar-refractivity contribution in [1.82, 2.24) is 9.97 Å². The molecule has 0 aliphatic heterocycles. The Morgan fingerprint density at radius 1 is 0.743 bits per heavy atom. The van der Waals surface area contributed by atoms with E-state index in [9.17, 15) is 0 Å². The summed E-state index contributed by atoms with van der Waals surface area (Å²) < 4.78 is 11.9. The van der Waals surface area contributed by atoms with Gasteiger partial charge in [0, 0.05) is 18.0 Å². The molecule has 0 spiro atoms. The summed E-state index contributed by atoms with van der Waals surface area (Å²) in [5.41, 5.74) is 3.35. The predicted octanol–water partition coefficient (Wildman–Crippen LogP) is 8.20. The number of hydrogen-bond acceptors (Lipinski definition) is 4. The van der Waals surface area contributed by atoms with Gasteiger partial charge in [0.05, 0.1) is 19.3 Å². The van der Waals surface area contributed by atoms with E-state index in [0.29, 0.717) is 6.61 Å². The van der Waals surface area contributed by atoms with Crippen LogP contribution in [0.15, 0.2) is 67.0 Å². The van der Waals surface area contributed by atoms with Gasteiger partial charge >= 0.3 is 0 Å². The number of unbranched alkanes of at least 4 members (excludes halogenated alkanes) is 7. The zero-order valence-corrected chi connectivity index (χ0v) is 21.6. The first-order chi connectivity index (χ1) is 17.2. The molecule has 188 valence electrons. The molecule has 35 heavy (non-hydrogen) atoms. The summed E-state index contributed by atoms with van der Waals surface area (Å²) in [6.07, 6.45) is 16.4. The fraction of sp³-hybridized carbons (Fsp3) is 0.484. The average molecular weight is 475 g/mol. The van der Waals surface area contributed by atoms with Crippen molar-refractivity contribution >= 4 is 0 Å². The van der Waals surface area contributed by atoms with Crippen molar-refractivity contribution in [3.8, 4) is 17.1 Å². The van der Waals surface area contributed by atoms with Crippen LogP contribution in [0.2, 0.25) is 0 Å². The van der Waals surface area contributed by atoms with Gasteiger partial charge in [-0.1, -0.05) is 82.2 Å². The van der Waals surface area contributed by atoms with Gasteiger partial charge in [0.25, 0.3) is 0 Å². The maximum Gasteiger partial charge on any atom is 0.159 e. The molecule has 1 atom stereocenters. The highest BCUT2D eigenvalue weighted by Gasteiger charge is 2.06. The van der Waals surface area contributed by atoms with Crippen LogP contribution in [-0.4, -0.2) is 22.7 Å². The monoisotopic (exact) mass is 474 g/mol. The largest absolute Gasteiger partial charge is 0.494 e. The van der Waals surface area contributed by atoms with E-state index in [1.807, 2.05) is 54.9 Å². The molecule has 1 unspecified atom stereocenters. The topological polar surface area (TPSA) is 44.2 Å². The Kier molecular flexibility index (Phi) is 12.3. The Morgan fingerprint density at radius 3 is 2.09 bits per heavy atom. The van der Waals surface area contributed by atoms with E-state index in [2.05, 4.69) is 35.9 Å². The molecule has 1 heterocycles. The Bertz CT molecular complexity index is 926. The first-order valence-corrected chi connectivity index (χ1v) is 13.4. The second kappa shape index (κ2) is 16.0. The molecule has 0 fully saturated rings. The summed E-state index contributed by atoms with van der Waals surface area (Å²) in [4.78, 5) is 9.16. The molecule has 0 bridgehead atoms. The Morgan fingerprint density at radius 2 is 1.40 bits per heavy atom. The lowest BCUT2D eigenvalue weighted by Crippen LogP contribution is -2.09. The molecule has 0 radical (unpaired) electrons. The molecular formula is C31H42N2O2. The van der Waals surface area contributed by atoms with Crippen LogP contribution < -0.4 is 4.74 Å². The van der Waals surface area contributed by atoms with E-state index in [-0.39, 0.29) is 6.10 Å². The quantitative estimate of drug-likeness (QED) is 0.185. The van der Waals surface area contributed by atoms with Crippen molar-refractivity contribution in [1.29, 1.82) is 0 Å². The summed E-state index contributed by atoms with van der Waals surface area (Å²) in [6, 6.07) is 18.4. The Balaban J connectivity index is 1.33. The summed E-state index contributed by atoms with van der Waals surface area (Å²) in [5.74, 6) is 1.66. The van der Waals surface area contributed by atoms with Crippen molar-refractivity contribution in [2.24, 2.45) is 0 Å². The summed E-state index contributed by atoms with van der Waals surface area (Å²) >= 11 is 0. The average Bonchev–Trinajstić information content (AvgIpc) is 2.91. The van der Waals surface area contributed by atoms with Gasteiger partial charge in [0.15, 0.2) is 5.82 Å². The van der Waals surface area contributed by atoms with Crippen molar-refractivity contribution in [2.45, 2.75) is 90.8 Å². The first kappa shape index (κ1) is 26.9. The lowest BCUT2D eigenvalue weighted by molar-refractivity contribution is 0.0478. The van der Waals surface area contributed by atoms with Gasteiger partial charge in [-0.3, -0.25) is 0 Å². The fourth-order valence-corrected chi connectivity index (χ4v) is 4.03. The van der Waals surface area contributed by atoms with Crippen LogP contribution >= 0.6 is 0 Å². The molecule has 2 aromatic carbocycles. The third-order valence-corrected chi connectivity index (χ3v) is 6.30. The van der Waals surface area contributed by atoms with Gasteiger partial charge in [-0.2, -0.15) is 0 Å². The van der Waals surface area contributed by atoms with Crippen molar-refractivity contribution < 1.29 is 9.47 Å². The summed E-state index contributed by atoms with van der Waals surface area (Å²) in [5, 5.41) is 0. The molecule has 3 aromatic rings. The minimum Gasteiger partial charge on any atom is -0.494 e. The van der Waals surface area contributed by atoms with Crippen molar-refractivity contribution in [3.05, 3.63) is 78.1 Å². The maximum absolute atomic E-state index is 5.97. The predicted molar refractivity (Wildman–Crippen MR) is 145 cm³/mol. The Hall–Kier alpha value is -2.72. The first-order valence-electron chi connectivity index (χ1n) is 13.4. The van der Waals surface area contributed by atoms with Crippen LogP contribution in [0.1, 0.15) is 82.8 Å². The highest BCUT2D eigenvalue weighted by molar-refractivity contribution is 5.55. The van der Waals surface area contributed by atoms with E-state index in [1.54, 1.807) is 0 Å². The van der Waals surface area contributed by atoms with Crippen molar-refractivity contribution in [3.63, 3.8) is 0 Å². The smallest absolute Gasteiger partial charge is 0.159 e. The van der Waals surface area contributed by atoms with E-state index in [1.165, 1.54) is 50.5 Å². The standard InChI is InChI=1S/C31H42N2O2/c1-3-4-5-6-7-8-9-13-22-34-30-20-18-29(19-21-30)31-32-23-28(24-33-31)17-16-26(2)35-25-27-14-11-10-12-15-27/h10-12,14-15,18-21,23-24,26H,3-9,13,16-17,22,25H2,1-2H3. The molecule has 4 nitrogen and oxygen atoms in total. The number of aromatic nitrogens is 2. The van der Waals surface area contributed by atoms with Crippen LogP contribution in [0.4, 0.5) is 0 Å². The minimum atomic E-state index is 0.188. The number of aryl methyl sites for hydroxylation is 1.